The second kappa shape index (κ2) is 5.58. The summed E-state index contributed by atoms with van der Waals surface area (Å²) in [5, 5.41) is 8.79. The molecule has 1 N–H and O–H groups in total. The molecule has 2 heterocycles. The van der Waals surface area contributed by atoms with Crippen LogP contribution in [0, 0.1) is 6.92 Å². The molecule has 0 bridgehead atoms. The van der Waals surface area contributed by atoms with E-state index in [-0.39, 0.29) is 10.7 Å². The second-order valence-corrected chi connectivity index (χ2v) is 5.01. The van der Waals surface area contributed by atoms with Crippen molar-refractivity contribution in [2.24, 2.45) is 0 Å². The lowest BCUT2D eigenvalue weighted by Gasteiger charge is -1.95. The maximum atomic E-state index is 11.8. The van der Waals surface area contributed by atoms with Crippen molar-refractivity contribution in [2.75, 3.05) is 0 Å². The Bertz CT molecular complexity index is 641. The van der Waals surface area contributed by atoms with Crippen molar-refractivity contribution in [3.63, 3.8) is 0 Å². The minimum atomic E-state index is -0.960. The summed E-state index contributed by atoms with van der Waals surface area (Å²) in [6.45, 7) is 1.85. The van der Waals surface area contributed by atoms with Crippen molar-refractivity contribution in [3.8, 4) is 0 Å². The predicted molar refractivity (Wildman–Crippen MR) is 73.6 cm³/mol. The molecule has 0 saturated carbocycles. The standard InChI is InChI=1S/C14H11NO3S/c1-9-2-3-10(8-15-9)12(16)6-4-11-5-7-13(19-11)14(17)18/h2-8H,1H3,(H,17,18)/b6-4+. The van der Waals surface area contributed by atoms with E-state index in [0.29, 0.717) is 5.56 Å². The number of rotatable bonds is 4. The quantitative estimate of drug-likeness (QED) is 0.686. The molecule has 0 aromatic carbocycles. The third kappa shape index (κ3) is 3.35. The van der Waals surface area contributed by atoms with Crippen LogP contribution in [0.5, 0.6) is 0 Å². The predicted octanol–water partition coefficient (Wildman–Crippen LogP) is 3.05. The molecule has 0 aliphatic heterocycles. The van der Waals surface area contributed by atoms with Crippen molar-refractivity contribution in [1.29, 1.82) is 0 Å². The summed E-state index contributed by atoms with van der Waals surface area (Å²) in [7, 11) is 0. The third-order valence-electron chi connectivity index (χ3n) is 2.43. The largest absolute Gasteiger partial charge is 0.477 e. The molecule has 4 nitrogen and oxygen atoms in total. The number of thiophene rings is 1. The zero-order valence-corrected chi connectivity index (χ0v) is 11.0. The molecule has 0 radical (unpaired) electrons. The molecule has 0 saturated heterocycles. The van der Waals surface area contributed by atoms with E-state index < -0.39 is 5.97 Å². The van der Waals surface area contributed by atoms with Gasteiger partial charge >= 0.3 is 5.97 Å². The first-order valence-electron chi connectivity index (χ1n) is 5.54. The van der Waals surface area contributed by atoms with Gasteiger partial charge in [-0.05, 0) is 43.3 Å². The molecule has 0 fully saturated rings. The lowest BCUT2D eigenvalue weighted by molar-refractivity contribution is 0.0702. The van der Waals surface area contributed by atoms with Crippen LogP contribution < -0.4 is 0 Å². The van der Waals surface area contributed by atoms with Crippen LogP contribution in [0.1, 0.15) is 30.6 Å². The van der Waals surface area contributed by atoms with E-state index in [1.165, 1.54) is 18.3 Å². The summed E-state index contributed by atoms with van der Waals surface area (Å²) in [6.07, 6.45) is 4.56. The molecule has 0 unspecified atom stereocenters. The fourth-order valence-electron chi connectivity index (χ4n) is 1.42. The molecule has 2 aromatic heterocycles. The molecule has 0 atom stereocenters. The van der Waals surface area contributed by atoms with Crippen molar-refractivity contribution in [3.05, 3.63) is 57.6 Å². The third-order valence-corrected chi connectivity index (χ3v) is 3.47. The normalized spacial score (nSPS) is 10.8. The number of ketones is 1. The summed E-state index contributed by atoms with van der Waals surface area (Å²) in [5.74, 6) is -1.11. The first-order chi connectivity index (χ1) is 9.06. The maximum Gasteiger partial charge on any atom is 0.345 e. The van der Waals surface area contributed by atoms with Crippen molar-refractivity contribution in [2.45, 2.75) is 6.92 Å². The molecule has 19 heavy (non-hydrogen) atoms. The van der Waals surface area contributed by atoms with E-state index in [1.807, 2.05) is 6.92 Å². The second-order valence-electron chi connectivity index (χ2n) is 3.89. The van der Waals surface area contributed by atoms with Gasteiger partial charge in [-0.3, -0.25) is 9.78 Å². The highest BCUT2D eigenvalue weighted by Crippen LogP contribution is 2.18. The van der Waals surface area contributed by atoms with Crippen LogP contribution in [0.25, 0.3) is 6.08 Å². The number of nitrogens with zero attached hydrogens (tertiary/aromatic N) is 1. The van der Waals surface area contributed by atoms with Gasteiger partial charge in [-0.2, -0.15) is 0 Å². The Morgan fingerprint density at radius 2 is 2.05 bits per heavy atom. The molecule has 0 amide bonds. The molecule has 0 aliphatic carbocycles. The van der Waals surface area contributed by atoms with Gasteiger partial charge < -0.3 is 5.11 Å². The minimum Gasteiger partial charge on any atom is -0.477 e. The number of carbonyl (C=O) groups excluding carboxylic acids is 1. The van der Waals surface area contributed by atoms with Crippen LogP contribution in [0.2, 0.25) is 0 Å². The highest BCUT2D eigenvalue weighted by Gasteiger charge is 2.06. The van der Waals surface area contributed by atoms with Gasteiger partial charge in [-0.1, -0.05) is 0 Å². The monoisotopic (exact) mass is 273 g/mol. The summed E-state index contributed by atoms with van der Waals surface area (Å²) < 4.78 is 0. The zero-order valence-electron chi connectivity index (χ0n) is 10.2. The number of carbonyl (C=O) groups is 2. The number of pyridine rings is 1. The summed E-state index contributed by atoms with van der Waals surface area (Å²) in [6, 6.07) is 6.68. The average Bonchev–Trinajstić information content (AvgIpc) is 2.86. The van der Waals surface area contributed by atoms with Gasteiger partial charge in [0.05, 0.1) is 0 Å². The van der Waals surface area contributed by atoms with Crippen molar-refractivity contribution < 1.29 is 14.7 Å². The highest BCUT2D eigenvalue weighted by molar-refractivity contribution is 7.14. The Morgan fingerprint density at radius 1 is 1.26 bits per heavy atom. The lowest BCUT2D eigenvalue weighted by atomic mass is 10.1. The lowest BCUT2D eigenvalue weighted by Crippen LogP contribution is -1.95. The van der Waals surface area contributed by atoms with Gasteiger partial charge in [0, 0.05) is 22.3 Å². The highest BCUT2D eigenvalue weighted by atomic mass is 32.1. The van der Waals surface area contributed by atoms with Crippen LogP contribution in [0.15, 0.2) is 36.5 Å². The van der Waals surface area contributed by atoms with Crippen LogP contribution in [-0.2, 0) is 0 Å². The number of hydrogen-bond acceptors (Lipinski definition) is 4. The van der Waals surface area contributed by atoms with Crippen LogP contribution in [-0.4, -0.2) is 21.8 Å². The number of aromatic nitrogens is 1. The molecule has 0 spiro atoms. The van der Waals surface area contributed by atoms with E-state index in [0.717, 1.165) is 21.9 Å². The van der Waals surface area contributed by atoms with Gasteiger partial charge in [0.15, 0.2) is 5.78 Å². The number of aromatic carboxylic acids is 1. The van der Waals surface area contributed by atoms with Gasteiger partial charge in [0.25, 0.3) is 0 Å². The first kappa shape index (κ1) is 13.2. The topological polar surface area (TPSA) is 67.3 Å². The fraction of sp³-hybridized carbons (Fsp3) is 0.0714. The van der Waals surface area contributed by atoms with Gasteiger partial charge in [-0.25, -0.2) is 4.79 Å². The first-order valence-corrected chi connectivity index (χ1v) is 6.36. The minimum absolute atomic E-state index is 0.155. The molecule has 96 valence electrons. The summed E-state index contributed by atoms with van der Waals surface area (Å²) in [4.78, 5) is 27.6. The Labute approximate surface area is 114 Å². The van der Waals surface area contributed by atoms with Gasteiger partial charge in [0.2, 0.25) is 0 Å². The number of aryl methyl sites for hydroxylation is 1. The molecular weight excluding hydrogens is 262 g/mol. The number of carboxylic acids is 1. The number of allylic oxidation sites excluding steroid dienone is 1. The molecule has 2 aromatic rings. The average molecular weight is 273 g/mol. The number of carboxylic acid groups (broad SMARTS) is 1. The SMILES string of the molecule is Cc1ccc(C(=O)/C=C/c2ccc(C(=O)O)s2)cn1. The molecular formula is C14H11NO3S. The Morgan fingerprint density at radius 3 is 2.63 bits per heavy atom. The Kier molecular flexibility index (Phi) is 3.87. The van der Waals surface area contributed by atoms with E-state index in [2.05, 4.69) is 4.98 Å². The van der Waals surface area contributed by atoms with Gasteiger partial charge in [0.1, 0.15) is 4.88 Å². The molecule has 5 heteroatoms. The Hall–Kier alpha value is -2.27. The van der Waals surface area contributed by atoms with Crippen LogP contribution >= 0.6 is 11.3 Å². The summed E-state index contributed by atoms with van der Waals surface area (Å²) >= 11 is 1.13. The smallest absolute Gasteiger partial charge is 0.345 e. The van der Waals surface area contributed by atoms with Crippen molar-refractivity contribution >= 4 is 29.2 Å². The Balaban J connectivity index is 2.11. The van der Waals surface area contributed by atoms with Gasteiger partial charge in [-0.15, -0.1) is 11.3 Å². The maximum absolute atomic E-state index is 11.8. The number of hydrogen-bond donors (Lipinski definition) is 1. The van der Waals surface area contributed by atoms with Crippen LogP contribution in [0.3, 0.4) is 0 Å². The van der Waals surface area contributed by atoms with Crippen molar-refractivity contribution in [1.82, 2.24) is 4.98 Å². The van der Waals surface area contributed by atoms with E-state index in [1.54, 1.807) is 24.3 Å². The van der Waals surface area contributed by atoms with E-state index in [4.69, 9.17) is 5.11 Å². The van der Waals surface area contributed by atoms with E-state index in [9.17, 15) is 9.59 Å². The molecule has 2 rings (SSSR count). The fourth-order valence-corrected chi connectivity index (χ4v) is 2.17. The van der Waals surface area contributed by atoms with Crippen LogP contribution in [0.4, 0.5) is 0 Å². The molecule has 0 aliphatic rings. The van der Waals surface area contributed by atoms with E-state index >= 15 is 0 Å². The zero-order chi connectivity index (χ0) is 13.8. The summed E-state index contributed by atoms with van der Waals surface area (Å²) in [5.41, 5.74) is 1.36.